The van der Waals surface area contributed by atoms with Crippen LogP contribution < -0.4 is 5.32 Å². The van der Waals surface area contributed by atoms with E-state index in [0.29, 0.717) is 17.9 Å². The van der Waals surface area contributed by atoms with Crippen LogP contribution in [-0.4, -0.2) is 46.7 Å². The van der Waals surface area contributed by atoms with Gasteiger partial charge in [-0.1, -0.05) is 55.5 Å². The average Bonchev–Trinajstić information content (AvgIpc) is 2.79. The minimum Gasteiger partial charge on any atom is -0.389 e. The lowest BCUT2D eigenvalue weighted by Gasteiger charge is -2.25. The van der Waals surface area contributed by atoms with Gasteiger partial charge < -0.3 is 15.2 Å². The first-order chi connectivity index (χ1) is 12.5. The van der Waals surface area contributed by atoms with Gasteiger partial charge in [0.15, 0.2) is 0 Å². The van der Waals surface area contributed by atoms with Gasteiger partial charge in [-0.05, 0) is 24.5 Å². The Hall–Kier alpha value is -1.63. The Bertz CT molecular complexity index is 659. The van der Waals surface area contributed by atoms with Gasteiger partial charge in [0.25, 0.3) is 5.91 Å². The Labute approximate surface area is 158 Å². The third kappa shape index (κ3) is 4.19. The number of carbonyl (C=O) groups excluding carboxylic acids is 2. The molecule has 1 saturated heterocycles. The van der Waals surface area contributed by atoms with Crippen molar-refractivity contribution < 1.29 is 19.4 Å². The summed E-state index contributed by atoms with van der Waals surface area (Å²) >= 11 is 6.06. The lowest BCUT2D eigenvalue weighted by atomic mass is 9.90. The van der Waals surface area contributed by atoms with Crippen molar-refractivity contribution in [1.29, 1.82) is 0 Å². The number of hydrogen-bond acceptors (Lipinski definition) is 4. The van der Waals surface area contributed by atoms with Crippen LogP contribution in [-0.2, 0) is 16.1 Å². The van der Waals surface area contributed by atoms with Crippen LogP contribution in [0.1, 0.15) is 44.1 Å². The molecule has 1 aromatic carbocycles. The van der Waals surface area contributed by atoms with Crippen molar-refractivity contribution in [2.24, 2.45) is 0 Å². The van der Waals surface area contributed by atoms with E-state index in [1.807, 2.05) is 18.2 Å². The van der Waals surface area contributed by atoms with Crippen LogP contribution in [0.25, 0.3) is 0 Å². The molecular weight excluding hydrogens is 356 g/mol. The fraction of sp³-hybridized carbons (Fsp3) is 0.579. The summed E-state index contributed by atoms with van der Waals surface area (Å²) in [6.07, 6.45) is 4.45. The number of rotatable bonds is 6. The van der Waals surface area contributed by atoms with Crippen molar-refractivity contribution >= 4 is 23.5 Å². The standard InChI is InChI=1S/C19H25ClN2O4/c20-16-8-4-3-7-14(16)12-26-13-15(23)11-22-17(24)19(21-18(22)25)9-5-1-2-6-10-19/h3-4,7-8,15,23H,1-2,5-6,9-13H2,(H,21,25)/t15-/m0/s1. The van der Waals surface area contributed by atoms with Gasteiger partial charge in [-0.2, -0.15) is 0 Å². The van der Waals surface area contributed by atoms with E-state index >= 15 is 0 Å². The molecule has 1 aliphatic carbocycles. The summed E-state index contributed by atoms with van der Waals surface area (Å²) in [5, 5.41) is 13.7. The number of hydrogen-bond donors (Lipinski definition) is 2. The monoisotopic (exact) mass is 380 g/mol. The van der Waals surface area contributed by atoms with Gasteiger partial charge in [-0.15, -0.1) is 0 Å². The van der Waals surface area contributed by atoms with Gasteiger partial charge in [-0.3, -0.25) is 9.69 Å². The molecule has 1 aliphatic heterocycles. The molecular formula is C19H25ClN2O4. The molecule has 26 heavy (non-hydrogen) atoms. The molecule has 6 nitrogen and oxygen atoms in total. The largest absolute Gasteiger partial charge is 0.389 e. The van der Waals surface area contributed by atoms with E-state index in [4.69, 9.17) is 16.3 Å². The SMILES string of the molecule is O=C1NC2(CCCCCC2)C(=O)N1C[C@H](O)COCc1ccccc1Cl. The third-order valence-corrected chi connectivity index (χ3v) is 5.49. The summed E-state index contributed by atoms with van der Waals surface area (Å²) < 4.78 is 5.50. The molecule has 1 atom stereocenters. The van der Waals surface area contributed by atoms with Crippen LogP contribution in [0.5, 0.6) is 0 Å². The Morgan fingerprint density at radius 2 is 1.88 bits per heavy atom. The van der Waals surface area contributed by atoms with E-state index in [2.05, 4.69) is 5.32 Å². The van der Waals surface area contributed by atoms with Crippen molar-refractivity contribution in [3.8, 4) is 0 Å². The fourth-order valence-electron chi connectivity index (χ4n) is 3.70. The van der Waals surface area contributed by atoms with Crippen LogP contribution >= 0.6 is 11.6 Å². The number of halogens is 1. The predicted molar refractivity (Wildman–Crippen MR) is 97.8 cm³/mol. The van der Waals surface area contributed by atoms with Crippen molar-refractivity contribution in [2.75, 3.05) is 13.2 Å². The van der Waals surface area contributed by atoms with Gasteiger partial charge in [0.05, 0.1) is 25.9 Å². The zero-order chi connectivity index (χ0) is 18.6. The van der Waals surface area contributed by atoms with Crippen LogP contribution in [0.15, 0.2) is 24.3 Å². The summed E-state index contributed by atoms with van der Waals surface area (Å²) in [5.74, 6) is -0.213. The van der Waals surface area contributed by atoms with Crippen molar-refractivity contribution in [2.45, 2.75) is 56.8 Å². The molecule has 2 aliphatic rings. The highest BCUT2D eigenvalue weighted by Crippen LogP contribution is 2.32. The maximum absolute atomic E-state index is 12.8. The van der Waals surface area contributed by atoms with E-state index in [-0.39, 0.29) is 25.7 Å². The number of aliphatic hydroxyl groups is 1. The number of benzene rings is 1. The second-order valence-electron chi connectivity index (χ2n) is 7.10. The maximum Gasteiger partial charge on any atom is 0.325 e. The number of nitrogens with one attached hydrogen (secondary N) is 1. The number of urea groups is 1. The Kier molecular flexibility index (Phi) is 6.16. The van der Waals surface area contributed by atoms with Gasteiger partial charge in [0, 0.05) is 5.02 Å². The topological polar surface area (TPSA) is 78.9 Å². The normalized spacial score (nSPS) is 20.9. The molecule has 1 saturated carbocycles. The highest BCUT2D eigenvalue weighted by atomic mass is 35.5. The Morgan fingerprint density at radius 3 is 2.58 bits per heavy atom. The second kappa shape index (κ2) is 8.37. The number of ether oxygens (including phenoxy) is 1. The van der Waals surface area contributed by atoms with Crippen LogP contribution in [0.3, 0.4) is 0 Å². The molecule has 2 N–H and O–H groups in total. The fourth-order valence-corrected chi connectivity index (χ4v) is 3.89. The van der Waals surface area contributed by atoms with E-state index in [1.54, 1.807) is 6.07 Å². The van der Waals surface area contributed by atoms with Crippen molar-refractivity contribution in [3.63, 3.8) is 0 Å². The number of nitrogens with zero attached hydrogens (tertiary/aromatic N) is 1. The maximum atomic E-state index is 12.8. The lowest BCUT2D eigenvalue weighted by molar-refractivity contribution is -0.133. The molecule has 1 aromatic rings. The third-order valence-electron chi connectivity index (χ3n) is 5.12. The number of amides is 3. The lowest BCUT2D eigenvalue weighted by Crippen LogP contribution is -2.47. The van der Waals surface area contributed by atoms with Crippen molar-refractivity contribution in [1.82, 2.24) is 10.2 Å². The summed E-state index contributed by atoms with van der Waals surface area (Å²) in [5.41, 5.74) is 0.0555. The smallest absolute Gasteiger partial charge is 0.325 e. The van der Waals surface area contributed by atoms with Gasteiger partial charge in [0.2, 0.25) is 0 Å². The highest BCUT2D eigenvalue weighted by molar-refractivity contribution is 6.31. The molecule has 0 radical (unpaired) electrons. The van der Waals surface area contributed by atoms with Crippen LogP contribution in [0.4, 0.5) is 4.79 Å². The van der Waals surface area contributed by atoms with Crippen molar-refractivity contribution in [3.05, 3.63) is 34.9 Å². The second-order valence-corrected chi connectivity index (χ2v) is 7.51. The number of β-amino-alcohol motifs (C(OH)–C–C–N with tert-alkyl or cyclic N) is 1. The molecule has 142 valence electrons. The molecule has 0 unspecified atom stereocenters. The minimum atomic E-state index is -0.937. The van der Waals surface area contributed by atoms with E-state index < -0.39 is 17.7 Å². The quantitative estimate of drug-likeness (QED) is 0.744. The summed E-state index contributed by atoms with van der Waals surface area (Å²) in [6, 6.07) is 6.90. The first-order valence-corrected chi connectivity index (χ1v) is 9.53. The molecule has 0 bridgehead atoms. The number of aliphatic hydroxyl groups excluding tert-OH is 1. The van der Waals surface area contributed by atoms with Gasteiger partial charge in [-0.25, -0.2) is 4.79 Å². The summed E-state index contributed by atoms with van der Waals surface area (Å²) in [4.78, 5) is 26.2. The zero-order valence-electron chi connectivity index (χ0n) is 14.7. The van der Waals surface area contributed by atoms with Crippen LogP contribution in [0.2, 0.25) is 5.02 Å². The first kappa shape index (κ1) is 19.1. The van der Waals surface area contributed by atoms with Crippen LogP contribution in [0, 0.1) is 0 Å². The Morgan fingerprint density at radius 1 is 1.19 bits per heavy atom. The molecule has 1 heterocycles. The van der Waals surface area contributed by atoms with E-state index in [9.17, 15) is 14.7 Å². The zero-order valence-corrected chi connectivity index (χ0v) is 15.5. The van der Waals surface area contributed by atoms with E-state index in [1.165, 1.54) is 0 Å². The number of imide groups is 1. The summed E-state index contributed by atoms with van der Waals surface area (Å²) in [7, 11) is 0. The first-order valence-electron chi connectivity index (χ1n) is 9.15. The molecule has 3 rings (SSSR count). The molecule has 0 aromatic heterocycles. The average molecular weight is 381 g/mol. The molecule has 2 fully saturated rings. The molecule has 7 heteroatoms. The predicted octanol–water partition coefficient (Wildman–Crippen LogP) is 2.86. The molecule has 3 amide bonds. The van der Waals surface area contributed by atoms with Gasteiger partial charge >= 0.3 is 6.03 Å². The number of carbonyl (C=O) groups is 2. The minimum absolute atomic E-state index is 0.0231. The highest BCUT2D eigenvalue weighted by Gasteiger charge is 2.50. The Balaban J connectivity index is 1.52. The van der Waals surface area contributed by atoms with Gasteiger partial charge in [0.1, 0.15) is 5.54 Å². The van der Waals surface area contributed by atoms with E-state index in [0.717, 1.165) is 36.1 Å². The summed E-state index contributed by atoms with van der Waals surface area (Å²) in [6.45, 7) is 0.227. The molecule has 1 spiro atoms.